The summed E-state index contributed by atoms with van der Waals surface area (Å²) in [5.74, 6) is 2.77. The molecule has 2 aliphatic rings. The number of fused-ring (bicyclic) bond motifs is 1. The molecule has 1 saturated carbocycles. The molecule has 1 fully saturated rings. The van der Waals surface area contributed by atoms with E-state index in [1.54, 1.807) is 6.33 Å². The smallest absolute Gasteiger partial charge is 0.243 e. The Labute approximate surface area is 135 Å². The highest BCUT2D eigenvalue weighted by Crippen LogP contribution is 2.39. The molecular weight excluding hydrogens is 294 g/mol. The normalized spacial score (nSPS) is 19.4. The SMILES string of the molecule is CCOc1ncnc2c1CN([C@@H](C)c1nc(C3CC3)no1)CC2. The molecule has 1 atom stereocenters. The number of rotatable bonds is 5. The highest BCUT2D eigenvalue weighted by Gasteiger charge is 2.32. The molecule has 3 heterocycles. The molecule has 0 aromatic carbocycles. The van der Waals surface area contributed by atoms with Gasteiger partial charge in [0.25, 0.3) is 0 Å². The third kappa shape index (κ3) is 2.81. The third-order valence-electron chi connectivity index (χ3n) is 4.58. The topological polar surface area (TPSA) is 77.2 Å². The van der Waals surface area contributed by atoms with Crippen LogP contribution in [-0.2, 0) is 13.0 Å². The Balaban J connectivity index is 1.54. The lowest BCUT2D eigenvalue weighted by atomic mass is 10.0. The van der Waals surface area contributed by atoms with Gasteiger partial charge in [-0.2, -0.15) is 4.98 Å². The van der Waals surface area contributed by atoms with Crippen molar-refractivity contribution in [2.45, 2.75) is 51.6 Å². The quantitative estimate of drug-likeness (QED) is 0.837. The highest BCUT2D eigenvalue weighted by atomic mass is 16.5. The first kappa shape index (κ1) is 14.6. The molecule has 0 radical (unpaired) electrons. The van der Waals surface area contributed by atoms with E-state index in [0.717, 1.165) is 36.6 Å². The minimum absolute atomic E-state index is 0.0813. The second kappa shape index (κ2) is 5.88. The van der Waals surface area contributed by atoms with Gasteiger partial charge in [-0.15, -0.1) is 0 Å². The third-order valence-corrected chi connectivity index (χ3v) is 4.58. The molecule has 0 unspecified atom stereocenters. The van der Waals surface area contributed by atoms with Gasteiger partial charge in [0.1, 0.15) is 6.33 Å². The van der Waals surface area contributed by atoms with Gasteiger partial charge >= 0.3 is 0 Å². The fourth-order valence-corrected chi connectivity index (χ4v) is 3.01. The van der Waals surface area contributed by atoms with Gasteiger partial charge in [-0.05, 0) is 26.7 Å². The molecule has 0 N–H and O–H groups in total. The molecule has 0 amide bonds. The van der Waals surface area contributed by atoms with Crippen LogP contribution in [0.2, 0.25) is 0 Å². The molecule has 122 valence electrons. The standard InChI is InChI=1S/C16H21N5O2/c1-3-22-16-12-8-21(7-6-13(12)17-9-18-16)10(2)15-19-14(20-23-15)11-4-5-11/h9-11H,3-8H2,1-2H3/t10-/m0/s1. The summed E-state index contributed by atoms with van der Waals surface area (Å²) in [7, 11) is 0. The predicted molar refractivity (Wildman–Crippen MR) is 82.0 cm³/mol. The maximum Gasteiger partial charge on any atom is 0.243 e. The van der Waals surface area contributed by atoms with E-state index in [1.165, 1.54) is 12.8 Å². The van der Waals surface area contributed by atoms with Crippen LogP contribution < -0.4 is 4.74 Å². The number of hydrogen-bond donors (Lipinski definition) is 0. The van der Waals surface area contributed by atoms with Crippen molar-refractivity contribution in [3.05, 3.63) is 29.3 Å². The number of nitrogens with zero attached hydrogens (tertiary/aromatic N) is 5. The van der Waals surface area contributed by atoms with Crippen molar-refractivity contribution in [3.63, 3.8) is 0 Å². The monoisotopic (exact) mass is 315 g/mol. The van der Waals surface area contributed by atoms with E-state index in [-0.39, 0.29) is 6.04 Å². The summed E-state index contributed by atoms with van der Waals surface area (Å²) >= 11 is 0. The molecule has 4 rings (SSSR count). The molecular formula is C16H21N5O2. The van der Waals surface area contributed by atoms with E-state index in [4.69, 9.17) is 9.26 Å². The maximum atomic E-state index is 5.65. The Morgan fingerprint density at radius 1 is 1.39 bits per heavy atom. The van der Waals surface area contributed by atoms with Crippen molar-refractivity contribution in [1.29, 1.82) is 0 Å². The summed E-state index contributed by atoms with van der Waals surface area (Å²) in [5.41, 5.74) is 2.16. The first-order valence-electron chi connectivity index (χ1n) is 8.29. The second-order valence-electron chi connectivity index (χ2n) is 6.20. The molecule has 7 heteroatoms. The molecule has 7 nitrogen and oxygen atoms in total. The zero-order chi connectivity index (χ0) is 15.8. The van der Waals surface area contributed by atoms with Crippen molar-refractivity contribution in [3.8, 4) is 5.88 Å². The summed E-state index contributed by atoms with van der Waals surface area (Å²) in [6.45, 7) is 6.34. The summed E-state index contributed by atoms with van der Waals surface area (Å²) < 4.78 is 11.1. The molecule has 0 saturated heterocycles. The number of aromatic nitrogens is 4. The van der Waals surface area contributed by atoms with Gasteiger partial charge in [0.15, 0.2) is 5.82 Å². The first-order chi connectivity index (χ1) is 11.3. The molecule has 23 heavy (non-hydrogen) atoms. The fourth-order valence-electron chi connectivity index (χ4n) is 3.01. The maximum absolute atomic E-state index is 5.65. The van der Waals surface area contributed by atoms with E-state index >= 15 is 0 Å². The van der Waals surface area contributed by atoms with E-state index in [0.29, 0.717) is 24.3 Å². The van der Waals surface area contributed by atoms with Crippen LogP contribution in [0.25, 0.3) is 0 Å². The largest absolute Gasteiger partial charge is 0.478 e. The Morgan fingerprint density at radius 2 is 2.26 bits per heavy atom. The first-order valence-corrected chi connectivity index (χ1v) is 8.29. The summed E-state index contributed by atoms with van der Waals surface area (Å²) in [5, 5.41) is 4.12. The lowest BCUT2D eigenvalue weighted by Crippen LogP contribution is -2.34. The lowest BCUT2D eigenvalue weighted by molar-refractivity contribution is 0.153. The van der Waals surface area contributed by atoms with Crippen molar-refractivity contribution >= 4 is 0 Å². The minimum Gasteiger partial charge on any atom is -0.478 e. The van der Waals surface area contributed by atoms with Crippen molar-refractivity contribution in [1.82, 2.24) is 25.0 Å². The zero-order valence-electron chi connectivity index (χ0n) is 13.5. The van der Waals surface area contributed by atoms with E-state index < -0.39 is 0 Å². The molecule has 2 aromatic rings. The summed E-state index contributed by atoms with van der Waals surface area (Å²) in [6, 6.07) is 0.0813. The van der Waals surface area contributed by atoms with Crippen molar-refractivity contribution < 1.29 is 9.26 Å². The van der Waals surface area contributed by atoms with Crippen molar-refractivity contribution in [2.24, 2.45) is 0 Å². The van der Waals surface area contributed by atoms with Gasteiger partial charge in [-0.1, -0.05) is 5.16 Å². The average molecular weight is 315 g/mol. The van der Waals surface area contributed by atoms with Crippen LogP contribution in [-0.4, -0.2) is 38.2 Å². The van der Waals surface area contributed by atoms with Gasteiger partial charge in [-0.3, -0.25) is 4.90 Å². The average Bonchev–Trinajstić information content (AvgIpc) is 3.32. The molecule has 2 aromatic heterocycles. The van der Waals surface area contributed by atoms with Gasteiger partial charge < -0.3 is 9.26 Å². The highest BCUT2D eigenvalue weighted by molar-refractivity contribution is 5.31. The van der Waals surface area contributed by atoms with Crippen LogP contribution in [0.15, 0.2) is 10.9 Å². The number of ether oxygens (including phenoxy) is 1. The predicted octanol–water partition coefficient (Wildman–Crippen LogP) is 2.25. The Hall–Kier alpha value is -2.02. The minimum atomic E-state index is 0.0813. The molecule has 1 aliphatic heterocycles. The van der Waals surface area contributed by atoms with E-state index in [2.05, 4.69) is 31.9 Å². The molecule has 1 aliphatic carbocycles. The van der Waals surface area contributed by atoms with Gasteiger partial charge in [0.2, 0.25) is 11.8 Å². The van der Waals surface area contributed by atoms with Crippen LogP contribution in [0.5, 0.6) is 5.88 Å². The van der Waals surface area contributed by atoms with E-state index in [1.807, 2.05) is 6.92 Å². The Bertz CT molecular complexity index is 698. The van der Waals surface area contributed by atoms with Gasteiger partial charge in [0, 0.05) is 31.0 Å². The fraction of sp³-hybridized carbons (Fsp3) is 0.625. The molecule has 0 bridgehead atoms. The lowest BCUT2D eigenvalue weighted by Gasteiger charge is -2.31. The number of hydrogen-bond acceptors (Lipinski definition) is 7. The Morgan fingerprint density at radius 3 is 3.04 bits per heavy atom. The van der Waals surface area contributed by atoms with Crippen LogP contribution >= 0.6 is 0 Å². The summed E-state index contributed by atoms with van der Waals surface area (Å²) in [4.78, 5) is 15.6. The van der Waals surface area contributed by atoms with Crippen LogP contribution in [0.3, 0.4) is 0 Å². The van der Waals surface area contributed by atoms with Crippen LogP contribution in [0.4, 0.5) is 0 Å². The second-order valence-corrected chi connectivity index (χ2v) is 6.20. The van der Waals surface area contributed by atoms with Gasteiger partial charge in [-0.25, -0.2) is 9.97 Å². The summed E-state index contributed by atoms with van der Waals surface area (Å²) in [6.07, 6.45) is 4.83. The molecule has 0 spiro atoms. The zero-order valence-corrected chi connectivity index (χ0v) is 13.5. The Kier molecular flexibility index (Phi) is 3.72. The van der Waals surface area contributed by atoms with Crippen LogP contribution in [0, 0.1) is 0 Å². The van der Waals surface area contributed by atoms with Crippen LogP contribution in [0.1, 0.15) is 61.6 Å². The van der Waals surface area contributed by atoms with Crippen molar-refractivity contribution in [2.75, 3.05) is 13.2 Å². The van der Waals surface area contributed by atoms with Gasteiger partial charge in [0.05, 0.1) is 18.3 Å². The van der Waals surface area contributed by atoms with E-state index in [9.17, 15) is 0 Å².